The van der Waals surface area contributed by atoms with Crippen LogP contribution in [0.15, 0.2) is 17.1 Å². The number of hydrogen-bond acceptors (Lipinski definition) is 4. The van der Waals surface area contributed by atoms with Crippen LogP contribution in [0.3, 0.4) is 0 Å². The van der Waals surface area contributed by atoms with Crippen molar-refractivity contribution in [3.05, 3.63) is 17.7 Å². The number of nitrogens with zero attached hydrogens (tertiary/aromatic N) is 1. The van der Waals surface area contributed by atoms with Crippen LogP contribution in [0.5, 0.6) is 17.2 Å². The van der Waals surface area contributed by atoms with E-state index in [1.165, 1.54) is 6.42 Å². The molecule has 1 unspecified atom stereocenters. The molecule has 0 aliphatic heterocycles. The molecule has 0 saturated carbocycles. The molecule has 142 valence electrons. The highest BCUT2D eigenvalue weighted by Gasteiger charge is 2.16. The van der Waals surface area contributed by atoms with Crippen LogP contribution in [-0.2, 0) is 6.54 Å². The van der Waals surface area contributed by atoms with E-state index in [-0.39, 0.29) is 0 Å². The van der Waals surface area contributed by atoms with Gasteiger partial charge in [0.25, 0.3) is 0 Å². The molecule has 1 rings (SSSR count). The summed E-state index contributed by atoms with van der Waals surface area (Å²) in [4.78, 5) is 4.30. The Hall–Kier alpha value is -2.11. The minimum atomic E-state index is 0.362. The van der Waals surface area contributed by atoms with E-state index in [2.05, 4.69) is 36.4 Å². The van der Waals surface area contributed by atoms with Gasteiger partial charge in [-0.1, -0.05) is 13.8 Å². The molecule has 0 aliphatic rings. The van der Waals surface area contributed by atoms with E-state index in [1.54, 1.807) is 28.4 Å². The lowest BCUT2D eigenvalue weighted by atomic mass is 10.0. The number of benzene rings is 1. The molecule has 0 radical (unpaired) electrons. The molecule has 0 fully saturated rings. The fraction of sp³-hybridized carbons (Fsp3) is 0.632. The second kappa shape index (κ2) is 10.7. The normalized spacial score (nSPS) is 12.7. The van der Waals surface area contributed by atoms with Crippen LogP contribution in [0.2, 0.25) is 0 Å². The lowest BCUT2D eigenvalue weighted by Crippen LogP contribution is -2.42. The van der Waals surface area contributed by atoms with Gasteiger partial charge in [0.1, 0.15) is 0 Å². The number of ether oxygens (including phenoxy) is 3. The first-order valence-corrected chi connectivity index (χ1v) is 8.71. The number of aliphatic imine (C=N–C) groups is 1. The Labute approximate surface area is 152 Å². The lowest BCUT2D eigenvalue weighted by molar-refractivity contribution is 0.322. The van der Waals surface area contributed by atoms with Crippen molar-refractivity contribution >= 4 is 5.96 Å². The van der Waals surface area contributed by atoms with Gasteiger partial charge in [0.05, 0.1) is 21.3 Å². The fourth-order valence-electron chi connectivity index (χ4n) is 2.56. The van der Waals surface area contributed by atoms with Crippen LogP contribution >= 0.6 is 0 Å². The summed E-state index contributed by atoms with van der Waals surface area (Å²) in [5, 5.41) is 6.75. The highest BCUT2D eigenvalue weighted by Crippen LogP contribution is 2.39. The van der Waals surface area contributed by atoms with Crippen molar-refractivity contribution in [3.63, 3.8) is 0 Å². The van der Waals surface area contributed by atoms with Crippen molar-refractivity contribution in [2.75, 3.05) is 28.4 Å². The Kier molecular flexibility index (Phi) is 8.95. The van der Waals surface area contributed by atoms with Gasteiger partial charge >= 0.3 is 0 Å². The molecule has 0 spiro atoms. The van der Waals surface area contributed by atoms with Crippen LogP contribution in [0.4, 0.5) is 0 Å². The number of rotatable bonds is 9. The highest BCUT2D eigenvalue weighted by atomic mass is 16.5. The summed E-state index contributed by atoms with van der Waals surface area (Å²) in [6.07, 6.45) is 2.30. The molecular weight excluding hydrogens is 318 g/mol. The van der Waals surface area contributed by atoms with Gasteiger partial charge in [0.15, 0.2) is 17.5 Å². The zero-order valence-corrected chi connectivity index (χ0v) is 16.6. The number of hydrogen-bond donors (Lipinski definition) is 2. The molecule has 0 saturated heterocycles. The molecule has 1 atom stereocenters. The van der Waals surface area contributed by atoms with Gasteiger partial charge in [-0.15, -0.1) is 0 Å². The fourth-order valence-corrected chi connectivity index (χ4v) is 2.56. The average molecular weight is 351 g/mol. The molecule has 1 aromatic rings. The first-order valence-electron chi connectivity index (χ1n) is 8.71. The molecule has 1 aromatic carbocycles. The van der Waals surface area contributed by atoms with Crippen LogP contribution in [0.25, 0.3) is 0 Å². The van der Waals surface area contributed by atoms with E-state index in [1.807, 2.05) is 12.1 Å². The Bertz CT molecular complexity index is 559. The molecule has 0 bridgehead atoms. The topological polar surface area (TPSA) is 64.1 Å². The summed E-state index contributed by atoms with van der Waals surface area (Å²) in [5.41, 5.74) is 0.970. The third kappa shape index (κ3) is 6.36. The Morgan fingerprint density at radius 1 is 1.00 bits per heavy atom. The predicted molar refractivity (Wildman–Crippen MR) is 103 cm³/mol. The van der Waals surface area contributed by atoms with Crippen LogP contribution in [-0.4, -0.2) is 40.4 Å². The molecule has 25 heavy (non-hydrogen) atoms. The second-order valence-electron chi connectivity index (χ2n) is 6.44. The maximum atomic E-state index is 5.52. The molecule has 0 heterocycles. The maximum absolute atomic E-state index is 5.52. The minimum Gasteiger partial charge on any atom is -0.493 e. The van der Waals surface area contributed by atoms with Crippen molar-refractivity contribution in [1.82, 2.24) is 10.6 Å². The van der Waals surface area contributed by atoms with Gasteiger partial charge in [-0.05, 0) is 37.8 Å². The van der Waals surface area contributed by atoms with Crippen molar-refractivity contribution in [3.8, 4) is 17.2 Å². The van der Waals surface area contributed by atoms with Gasteiger partial charge in [-0.3, -0.25) is 4.99 Å². The molecule has 6 heteroatoms. The largest absolute Gasteiger partial charge is 0.493 e. The van der Waals surface area contributed by atoms with Crippen LogP contribution < -0.4 is 24.8 Å². The highest BCUT2D eigenvalue weighted by molar-refractivity contribution is 5.80. The summed E-state index contributed by atoms with van der Waals surface area (Å²) in [7, 11) is 6.62. The summed E-state index contributed by atoms with van der Waals surface area (Å²) in [5.74, 6) is 3.38. The first-order chi connectivity index (χ1) is 12.0. The van der Waals surface area contributed by atoms with Crippen molar-refractivity contribution < 1.29 is 14.2 Å². The van der Waals surface area contributed by atoms with Crippen molar-refractivity contribution in [2.45, 2.75) is 46.2 Å². The SMILES string of the molecule is CN=C(NCc1ccc(OC)c(OC)c1OC)NC(C)CCC(C)C. The van der Waals surface area contributed by atoms with E-state index < -0.39 is 0 Å². The molecule has 0 amide bonds. The number of nitrogens with one attached hydrogen (secondary N) is 2. The van der Waals surface area contributed by atoms with E-state index >= 15 is 0 Å². The molecular formula is C19H33N3O3. The number of guanidine groups is 1. The summed E-state index contributed by atoms with van der Waals surface area (Å²) in [6.45, 7) is 7.22. The third-order valence-corrected chi connectivity index (χ3v) is 4.02. The average Bonchev–Trinajstić information content (AvgIpc) is 2.62. The minimum absolute atomic E-state index is 0.362. The van der Waals surface area contributed by atoms with Gasteiger partial charge < -0.3 is 24.8 Å². The monoisotopic (exact) mass is 351 g/mol. The van der Waals surface area contributed by atoms with Crippen LogP contribution in [0.1, 0.15) is 39.2 Å². The lowest BCUT2D eigenvalue weighted by Gasteiger charge is -2.20. The number of methoxy groups -OCH3 is 3. The molecule has 0 aliphatic carbocycles. The first kappa shape index (κ1) is 20.9. The Morgan fingerprint density at radius 2 is 1.68 bits per heavy atom. The summed E-state index contributed by atoms with van der Waals surface area (Å²) in [6, 6.07) is 4.20. The predicted octanol–water partition coefficient (Wildman–Crippen LogP) is 3.20. The van der Waals surface area contributed by atoms with Crippen LogP contribution in [0, 0.1) is 5.92 Å². The summed E-state index contributed by atoms with van der Waals surface area (Å²) < 4.78 is 16.3. The van der Waals surface area contributed by atoms with Gasteiger partial charge in [0, 0.05) is 25.2 Å². The van der Waals surface area contributed by atoms with E-state index in [4.69, 9.17) is 14.2 Å². The van der Waals surface area contributed by atoms with Crippen molar-refractivity contribution in [1.29, 1.82) is 0 Å². The van der Waals surface area contributed by atoms with Crippen molar-refractivity contribution in [2.24, 2.45) is 10.9 Å². The zero-order valence-electron chi connectivity index (χ0n) is 16.6. The van der Waals surface area contributed by atoms with Gasteiger partial charge in [-0.25, -0.2) is 0 Å². The van der Waals surface area contributed by atoms with E-state index in [0.717, 1.165) is 17.9 Å². The Morgan fingerprint density at radius 3 is 2.20 bits per heavy atom. The standard InChI is InChI=1S/C19H33N3O3/c1-13(2)8-9-14(3)22-19(20-4)21-12-15-10-11-16(23-5)18(25-7)17(15)24-6/h10-11,13-14H,8-9,12H2,1-7H3,(H2,20,21,22). The Balaban J connectivity index is 2.75. The smallest absolute Gasteiger partial charge is 0.203 e. The molecule has 6 nitrogen and oxygen atoms in total. The third-order valence-electron chi connectivity index (χ3n) is 4.02. The summed E-state index contributed by atoms with van der Waals surface area (Å²) >= 11 is 0. The maximum Gasteiger partial charge on any atom is 0.203 e. The molecule has 2 N–H and O–H groups in total. The zero-order chi connectivity index (χ0) is 18.8. The van der Waals surface area contributed by atoms with E-state index in [0.29, 0.717) is 35.8 Å². The second-order valence-corrected chi connectivity index (χ2v) is 6.44. The molecule has 0 aromatic heterocycles. The van der Waals surface area contributed by atoms with E-state index in [9.17, 15) is 0 Å². The quantitative estimate of drug-likeness (QED) is 0.528. The van der Waals surface area contributed by atoms with Gasteiger partial charge in [-0.2, -0.15) is 0 Å². The van der Waals surface area contributed by atoms with Gasteiger partial charge in [0.2, 0.25) is 5.75 Å².